The Labute approximate surface area is 100 Å². The lowest BCUT2D eigenvalue weighted by atomic mass is 9.78. The molecule has 1 aromatic carbocycles. The average Bonchev–Trinajstić information content (AvgIpc) is 2.16. The van der Waals surface area contributed by atoms with Crippen LogP contribution in [0.25, 0.3) is 0 Å². The quantitative estimate of drug-likeness (QED) is 0.809. The Hall–Kier alpha value is -0.820. The van der Waals surface area contributed by atoms with Gasteiger partial charge in [0.05, 0.1) is 0 Å². The van der Waals surface area contributed by atoms with Gasteiger partial charge in [0, 0.05) is 12.0 Å². The molecule has 90 valence electrons. The molecular weight excluding hydrogens is 194 g/mol. The Morgan fingerprint density at radius 1 is 1.06 bits per heavy atom. The largest absolute Gasteiger partial charge is 0.330 e. The molecule has 1 aromatic rings. The fourth-order valence-corrected chi connectivity index (χ4v) is 1.93. The zero-order chi connectivity index (χ0) is 12.6. The first-order valence-corrected chi connectivity index (χ1v) is 6.00. The lowest BCUT2D eigenvalue weighted by Gasteiger charge is -2.28. The molecule has 0 atom stereocenters. The molecule has 0 aliphatic carbocycles. The summed E-state index contributed by atoms with van der Waals surface area (Å²) in [5.74, 6) is 0. The van der Waals surface area contributed by atoms with Crippen LogP contribution in [0.1, 0.15) is 51.3 Å². The maximum absolute atomic E-state index is 5.87. The van der Waals surface area contributed by atoms with E-state index >= 15 is 0 Å². The van der Waals surface area contributed by atoms with Crippen molar-refractivity contribution in [2.75, 3.05) is 6.54 Å². The normalized spacial score (nSPS) is 12.9. The van der Waals surface area contributed by atoms with Crippen LogP contribution in [-0.2, 0) is 10.8 Å². The molecule has 0 bridgehead atoms. The molecule has 1 rings (SSSR count). The standard InChI is InChI=1S/C15H25N/c1-11-7-8-12(14(2,3)4)9-13(11)15(5,6)10-16/h7-9H,10,16H2,1-6H3. The Morgan fingerprint density at radius 3 is 2.06 bits per heavy atom. The minimum atomic E-state index is 0.0609. The summed E-state index contributed by atoms with van der Waals surface area (Å²) >= 11 is 0. The van der Waals surface area contributed by atoms with Gasteiger partial charge < -0.3 is 5.73 Å². The number of benzene rings is 1. The van der Waals surface area contributed by atoms with E-state index in [9.17, 15) is 0 Å². The highest BCUT2D eigenvalue weighted by molar-refractivity contribution is 5.39. The van der Waals surface area contributed by atoms with E-state index in [1.807, 2.05) is 0 Å². The van der Waals surface area contributed by atoms with Crippen molar-refractivity contribution in [3.8, 4) is 0 Å². The van der Waals surface area contributed by atoms with E-state index in [2.05, 4.69) is 59.7 Å². The van der Waals surface area contributed by atoms with Gasteiger partial charge in [-0.05, 0) is 29.0 Å². The minimum absolute atomic E-state index is 0.0609. The van der Waals surface area contributed by atoms with Gasteiger partial charge in [-0.1, -0.05) is 52.8 Å². The molecule has 0 saturated carbocycles. The van der Waals surface area contributed by atoms with Crippen molar-refractivity contribution in [1.29, 1.82) is 0 Å². The highest BCUT2D eigenvalue weighted by Crippen LogP contribution is 2.30. The van der Waals surface area contributed by atoms with Crippen molar-refractivity contribution in [2.45, 2.75) is 52.4 Å². The topological polar surface area (TPSA) is 26.0 Å². The second kappa shape index (κ2) is 4.21. The van der Waals surface area contributed by atoms with E-state index in [0.29, 0.717) is 6.54 Å². The molecule has 0 radical (unpaired) electrons. The monoisotopic (exact) mass is 219 g/mol. The van der Waals surface area contributed by atoms with Gasteiger partial charge in [0.25, 0.3) is 0 Å². The number of hydrogen-bond acceptors (Lipinski definition) is 1. The number of hydrogen-bond donors (Lipinski definition) is 1. The molecule has 0 aliphatic heterocycles. The van der Waals surface area contributed by atoms with Crippen LogP contribution < -0.4 is 5.73 Å². The van der Waals surface area contributed by atoms with Crippen molar-refractivity contribution < 1.29 is 0 Å². The van der Waals surface area contributed by atoms with Gasteiger partial charge >= 0.3 is 0 Å². The van der Waals surface area contributed by atoms with E-state index in [0.717, 1.165) is 0 Å². The van der Waals surface area contributed by atoms with Gasteiger partial charge in [-0.2, -0.15) is 0 Å². The summed E-state index contributed by atoms with van der Waals surface area (Å²) in [7, 11) is 0. The first kappa shape index (κ1) is 13.2. The van der Waals surface area contributed by atoms with Crippen LogP contribution in [0.2, 0.25) is 0 Å². The smallest absolute Gasteiger partial charge is 0.00217 e. The Kier molecular flexibility index (Phi) is 3.49. The van der Waals surface area contributed by atoms with Crippen molar-refractivity contribution in [3.05, 3.63) is 34.9 Å². The maximum atomic E-state index is 5.87. The Balaban J connectivity index is 3.30. The molecule has 1 nitrogen and oxygen atoms in total. The zero-order valence-corrected chi connectivity index (χ0v) is 11.5. The summed E-state index contributed by atoms with van der Waals surface area (Å²) in [6.07, 6.45) is 0. The molecule has 2 N–H and O–H groups in total. The summed E-state index contributed by atoms with van der Waals surface area (Å²) < 4.78 is 0. The number of rotatable bonds is 2. The van der Waals surface area contributed by atoms with E-state index in [4.69, 9.17) is 5.73 Å². The molecule has 0 fully saturated rings. The lowest BCUT2D eigenvalue weighted by Crippen LogP contribution is -2.29. The SMILES string of the molecule is Cc1ccc(C(C)(C)C)cc1C(C)(C)CN. The molecule has 0 heterocycles. The first-order chi connectivity index (χ1) is 7.18. The highest BCUT2D eigenvalue weighted by atomic mass is 14.6. The molecular formula is C15H25N. The summed E-state index contributed by atoms with van der Waals surface area (Å²) in [5.41, 5.74) is 10.2. The molecule has 0 unspecified atom stereocenters. The molecule has 0 spiro atoms. The third-order valence-corrected chi connectivity index (χ3v) is 3.34. The zero-order valence-electron chi connectivity index (χ0n) is 11.5. The van der Waals surface area contributed by atoms with Gasteiger partial charge in [0.15, 0.2) is 0 Å². The van der Waals surface area contributed by atoms with Crippen LogP contribution in [0.3, 0.4) is 0 Å². The van der Waals surface area contributed by atoms with Gasteiger partial charge in [-0.25, -0.2) is 0 Å². The van der Waals surface area contributed by atoms with Gasteiger partial charge in [0.1, 0.15) is 0 Å². The van der Waals surface area contributed by atoms with Crippen molar-refractivity contribution in [3.63, 3.8) is 0 Å². The predicted molar refractivity (Wildman–Crippen MR) is 72.0 cm³/mol. The van der Waals surface area contributed by atoms with Crippen LogP contribution in [0, 0.1) is 6.92 Å². The fourth-order valence-electron chi connectivity index (χ4n) is 1.93. The van der Waals surface area contributed by atoms with Crippen LogP contribution in [0.15, 0.2) is 18.2 Å². The second-order valence-electron chi connectivity index (χ2n) is 6.37. The summed E-state index contributed by atoms with van der Waals surface area (Å²) in [6, 6.07) is 6.76. The summed E-state index contributed by atoms with van der Waals surface area (Å²) in [4.78, 5) is 0. The molecule has 0 aliphatic rings. The van der Waals surface area contributed by atoms with Crippen LogP contribution in [0.4, 0.5) is 0 Å². The average molecular weight is 219 g/mol. The molecule has 0 aromatic heterocycles. The van der Waals surface area contributed by atoms with Gasteiger partial charge in [-0.3, -0.25) is 0 Å². The highest BCUT2D eigenvalue weighted by Gasteiger charge is 2.23. The second-order valence-corrected chi connectivity index (χ2v) is 6.37. The van der Waals surface area contributed by atoms with Crippen molar-refractivity contribution >= 4 is 0 Å². The van der Waals surface area contributed by atoms with Gasteiger partial charge in [-0.15, -0.1) is 0 Å². The van der Waals surface area contributed by atoms with Crippen molar-refractivity contribution in [2.24, 2.45) is 5.73 Å². The lowest BCUT2D eigenvalue weighted by molar-refractivity contribution is 0.529. The van der Waals surface area contributed by atoms with E-state index in [1.54, 1.807) is 0 Å². The van der Waals surface area contributed by atoms with E-state index in [1.165, 1.54) is 16.7 Å². The third-order valence-electron chi connectivity index (χ3n) is 3.34. The van der Waals surface area contributed by atoms with E-state index < -0.39 is 0 Å². The maximum Gasteiger partial charge on any atom is 0.00217 e. The fraction of sp³-hybridized carbons (Fsp3) is 0.600. The predicted octanol–water partition coefficient (Wildman–Crippen LogP) is 3.53. The number of nitrogens with two attached hydrogens (primary N) is 1. The molecule has 0 saturated heterocycles. The third kappa shape index (κ3) is 2.65. The molecule has 16 heavy (non-hydrogen) atoms. The van der Waals surface area contributed by atoms with E-state index in [-0.39, 0.29) is 10.8 Å². The summed E-state index contributed by atoms with van der Waals surface area (Å²) in [6.45, 7) is 14.0. The van der Waals surface area contributed by atoms with Crippen LogP contribution >= 0.6 is 0 Å². The summed E-state index contributed by atoms with van der Waals surface area (Å²) in [5, 5.41) is 0. The first-order valence-electron chi connectivity index (χ1n) is 6.00. The minimum Gasteiger partial charge on any atom is -0.330 e. The molecule has 1 heteroatoms. The van der Waals surface area contributed by atoms with Crippen molar-refractivity contribution in [1.82, 2.24) is 0 Å². The Bertz CT molecular complexity index is 370. The van der Waals surface area contributed by atoms with Crippen LogP contribution in [-0.4, -0.2) is 6.54 Å². The van der Waals surface area contributed by atoms with Gasteiger partial charge in [0.2, 0.25) is 0 Å². The Morgan fingerprint density at radius 2 is 1.62 bits per heavy atom. The van der Waals surface area contributed by atoms with Crippen LogP contribution in [0.5, 0.6) is 0 Å². The molecule has 0 amide bonds. The number of aryl methyl sites for hydroxylation is 1.